The highest BCUT2D eigenvalue weighted by Gasteiger charge is 2.13. The molecule has 0 bridgehead atoms. The van der Waals surface area contributed by atoms with Crippen LogP contribution in [0.1, 0.15) is 31.9 Å². The van der Waals surface area contributed by atoms with Gasteiger partial charge in [-0.3, -0.25) is 0 Å². The van der Waals surface area contributed by atoms with Crippen LogP contribution in [0.15, 0.2) is 12.1 Å². The van der Waals surface area contributed by atoms with Gasteiger partial charge in [-0.1, -0.05) is 13.8 Å². The van der Waals surface area contributed by atoms with Gasteiger partial charge in [0.05, 0.1) is 14.2 Å². The van der Waals surface area contributed by atoms with Gasteiger partial charge in [-0.2, -0.15) is 0 Å². The minimum Gasteiger partial charge on any atom is -0.496 e. The van der Waals surface area contributed by atoms with E-state index in [1.54, 1.807) is 14.2 Å². The number of hydrogen-bond acceptors (Lipinski definition) is 3. The SMILES string of the molecule is COc1cc(CC(C)N)c(OC)cc1CC(C)C. The Morgan fingerprint density at radius 1 is 0.944 bits per heavy atom. The molecular weight excluding hydrogens is 226 g/mol. The Bertz CT molecular complexity index is 349. The molecule has 0 aliphatic carbocycles. The fourth-order valence-electron chi connectivity index (χ4n) is 2.13. The Morgan fingerprint density at radius 3 is 1.72 bits per heavy atom. The second-order valence-electron chi connectivity index (χ2n) is 5.26. The minimum atomic E-state index is 0.111. The van der Waals surface area contributed by atoms with Crippen LogP contribution in [0.4, 0.5) is 0 Å². The van der Waals surface area contributed by atoms with Crippen molar-refractivity contribution in [2.45, 2.75) is 39.7 Å². The molecule has 0 amide bonds. The Hall–Kier alpha value is -1.22. The van der Waals surface area contributed by atoms with E-state index in [0.29, 0.717) is 5.92 Å². The summed E-state index contributed by atoms with van der Waals surface area (Å²) in [6.45, 7) is 6.39. The standard InChI is InChI=1S/C15H25NO2/c1-10(2)6-12-8-15(18-5)13(7-11(3)16)9-14(12)17-4/h8-11H,6-7,16H2,1-5H3. The molecule has 0 fully saturated rings. The molecule has 1 unspecified atom stereocenters. The number of methoxy groups -OCH3 is 2. The average Bonchev–Trinajstić information content (AvgIpc) is 2.29. The lowest BCUT2D eigenvalue weighted by Gasteiger charge is -2.17. The third kappa shape index (κ3) is 3.91. The molecule has 3 nitrogen and oxygen atoms in total. The molecule has 1 aromatic rings. The zero-order chi connectivity index (χ0) is 13.7. The van der Waals surface area contributed by atoms with E-state index in [9.17, 15) is 0 Å². The van der Waals surface area contributed by atoms with Crippen molar-refractivity contribution in [1.82, 2.24) is 0 Å². The van der Waals surface area contributed by atoms with E-state index < -0.39 is 0 Å². The fraction of sp³-hybridized carbons (Fsp3) is 0.600. The summed E-state index contributed by atoms with van der Waals surface area (Å²) in [5.41, 5.74) is 8.16. The molecule has 3 heteroatoms. The Labute approximate surface area is 110 Å². The zero-order valence-corrected chi connectivity index (χ0v) is 12.1. The van der Waals surface area contributed by atoms with Crippen LogP contribution in [0, 0.1) is 5.92 Å². The third-order valence-electron chi connectivity index (χ3n) is 2.85. The second-order valence-corrected chi connectivity index (χ2v) is 5.26. The Kier molecular flexibility index (Phi) is 5.48. The highest BCUT2D eigenvalue weighted by atomic mass is 16.5. The summed E-state index contributed by atoms with van der Waals surface area (Å²) < 4.78 is 10.9. The van der Waals surface area contributed by atoms with Crippen LogP contribution in [0.5, 0.6) is 11.5 Å². The first-order valence-electron chi connectivity index (χ1n) is 6.47. The van der Waals surface area contributed by atoms with E-state index in [4.69, 9.17) is 15.2 Å². The predicted octanol–water partition coefficient (Wildman–Crippen LogP) is 2.79. The summed E-state index contributed by atoms with van der Waals surface area (Å²) in [5, 5.41) is 0. The highest BCUT2D eigenvalue weighted by molar-refractivity contribution is 5.47. The summed E-state index contributed by atoms with van der Waals surface area (Å²) in [6.07, 6.45) is 1.78. The molecule has 2 N–H and O–H groups in total. The number of ether oxygens (including phenoxy) is 2. The quantitative estimate of drug-likeness (QED) is 0.845. The molecule has 18 heavy (non-hydrogen) atoms. The molecule has 1 rings (SSSR count). The maximum Gasteiger partial charge on any atom is 0.122 e. The smallest absolute Gasteiger partial charge is 0.122 e. The van der Waals surface area contributed by atoms with Crippen LogP contribution in [0.25, 0.3) is 0 Å². The van der Waals surface area contributed by atoms with Crippen LogP contribution in [-0.4, -0.2) is 20.3 Å². The molecule has 0 saturated heterocycles. The van der Waals surface area contributed by atoms with Gasteiger partial charge < -0.3 is 15.2 Å². The molecule has 0 aromatic heterocycles. The van der Waals surface area contributed by atoms with Crippen LogP contribution < -0.4 is 15.2 Å². The van der Waals surface area contributed by atoms with Crippen molar-refractivity contribution in [3.63, 3.8) is 0 Å². The number of rotatable bonds is 6. The van der Waals surface area contributed by atoms with Crippen LogP contribution in [0.2, 0.25) is 0 Å². The lowest BCUT2D eigenvalue weighted by molar-refractivity contribution is 0.391. The van der Waals surface area contributed by atoms with Gasteiger partial charge in [-0.25, -0.2) is 0 Å². The summed E-state index contributed by atoms with van der Waals surface area (Å²) in [5.74, 6) is 2.42. The van der Waals surface area contributed by atoms with Gasteiger partial charge >= 0.3 is 0 Å². The number of hydrogen-bond donors (Lipinski definition) is 1. The lowest BCUT2D eigenvalue weighted by Crippen LogP contribution is -2.18. The summed E-state index contributed by atoms with van der Waals surface area (Å²) in [4.78, 5) is 0. The highest BCUT2D eigenvalue weighted by Crippen LogP contribution is 2.31. The maximum absolute atomic E-state index is 5.86. The molecule has 0 heterocycles. The normalized spacial score (nSPS) is 12.6. The van der Waals surface area contributed by atoms with Crippen molar-refractivity contribution in [3.05, 3.63) is 23.3 Å². The van der Waals surface area contributed by atoms with Crippen molar-refractivity contribution in [2.24, 2.45) is 11.7 Å². The molecule has 0 spiro atoms. The van der Waals surface area contributed by atoms with E-state index in [1.807, 2.05) is 6.92 Å². The van der Waals surface area contributed by atoms with E-state index >= 15 is 0 Å². The van der Waals surface area contributed by atoms with Crippen molar-refractivity contribution < 1.29 is 9.47 Å². The monoisotopic (exact) mass is 251 g/mol. The predicted molar refractivity (Wildman–Crippen MR) is 75.4 cm³/mol. The summed E-state index contributed by atoms with van der Waals surface area (Å²) in [6, 6.07) is 4.25. The van der Waals surface area contributed by atoms with Gasteiger partial charge in [0.2, 0.25) is 0 Å². The van der Waals surface area contributed by atoms with Crippen molar-refractivity contribution >= 4 is 0 Å². The van der Waals surface area contributed by atoms with E-state index in [0.717, 1.165) is 29.9 Å². The van der Waals surface area contributed by atoms with Crippen LogP contribution in [-0.2, 0) is 12.8 Å². The van der Waals surface area contributed by atoms with Gasteiger partial charge in [-0.05, 0) is 48.9 Å². The van der Waals surface area contributed by atoms with Crippen molar-refractivity contribution in [3.8, 4) is 11.5 Å². The minimum absolute atomic E-state index is 0.111. The Morgan fingerprint density at radius 2 is 1.39 bits per heavy atom. The molecule has 0 radical (unpaired) electrons. The average molecular weight is 251 g/mol. The van der Waals surface area contributed by atoms with E-state index in [2.05, 4.69) is 26.0 Å². The largest absolute Gasteiger partial charge is 0.496 e. The molecule has 1 aromatic carbocycles. The van der Waals surface area contributed by atoms with Gasteiger partial charge in [0.1, 0.15) is 11.5 Å². The third-order valence-corrected chi connectivity index (χ3v) is 2.85. The zero-order valence-electron chi connectivity index (χ0n) is 12.1. The van der Waals surface area contributed by atoms with Crippen LogP contribution >= 0.6 is 0 Å². The lowest BCUT2D eigenvalue weighted by atomic mass is 9.97. The van der Waals surface area contributed by atoms with E-state index in [-0.39, 0.29) is 6.04 Å². The first-order valence-corrected chi connectivity index (χ1v) is 6.47. The van der Waals surface area contributed by atoms with Gasteiger partial charge in [0, 0.05) is 6.04 Å². The maximum atomic E-state index is 5.86. The Balaban J connectivity index is 3.14. The van der Waals surface area contributed by atoms with Gasteiger partial charge in [-0.15, -0.1) is 0 Å². The summed E-state index contributed by atoms with van der Waals surface area (Å²) >= 11 is 0. The van der Waals surface area contributed by atoms with Gasteiger partial charge in [0.15, 0.2) is 0 Å². The molecule has 0 aliphatic heterocycles. The first-order chi connectivity index (χ1) is 8.47. The molecule has 1 atom stereocenters. The number of benzene rings is 1. The fourth-order valence-corrected chi connectivity index (χ4v) is 2.13. The van der Waals surface area contributed by atoms with Crippen LogP contribution in [0.3, 0.4) is 0 Å². The topological polar surface area (TPSA) is 44.5 Å². The van der Waals surface area contributed by atoms with Crippen molar-refractivity contribution in [2.75, 3.05) is 14.2 Å². The number of nitrogens with two attached hydrogens (primary N) is 1. The second kappa shape index (κ2) is 6.64. The van der Waals surface area contributed by atoms with Gasteiger partial charge in [0.25, 0.3) is 0 Å². The first kappa shape index (κ1) is 14.8. The molecule has 0 aliphatic rings. The van der Waals surface area contributed by atoms with E-state index in [1.165, 1.54) is 5.56 Å². The van der Waals surface area contributed by atoms with Crippen molar-refractivity contribution in [1.29, 1.82) is 0 Å². The molecular formula is C15H25NO2. The summed E-state index contributed by atoms with van der Waals surface area (Å²) in [7, 11) is 3.41. The molecule has 0 saturated carbocycles. The molecule has 102 valence electrons.